The SMILES string of the molecule is CC(C)CC1(C)COSN1C(=O)O. The largest absolute Gasteiger partial charge is 0.464 e. The zero-order valence-corrected chi connectivity index (χ0v) is 8.93. The average molecular weight is 205 g/mol. The molecule has 0 spiro atoms. The van der Waals surface area contributed by atoms with Crippen LogP contribution in [0.15, 0.2) is 0 Å². The molecular formula is C8H15NO3S. The van der Waals surface area contributed by atoms with Crippen LogP contribution in [-0.2, 0) is 4.18 Å². The lowest BCUT2D eigenvalue weighted by Gasteiger charge is -2.30. The van der Waals surface area contributed by atoms with Crippen molar-refractivity contribution in [2.75, 3.05) is 6.61 Å². The van der Waals surface area contributed by atoms with Crippen LogP contribution in [0.1, 0.15) is 27.2 Å². The van der Waals surface area contributed by atoms with Gasteiger partial charge in [-0.1, -0.05) is 13.8 Å². The van der Waals surface area contributed by atoms with Gasteiger partial charge in [0.05, 0.1) is 12.1 Å². The molecule has 1 saturated heterocycles. The number of nitrogens with zero attached hydrogens (tertiary/aromatic N) is 1. The third-order valence-electron chi connectivity index (χ3n) is 2.01. The fourth-order valence-corrected chi connectivity index (χ4v) is 2.42. The molecule has 1 N–H and O–H groups in total. The maximum atomic E-state index is 10.8. The van der Waals surface area contributed by atoms with Gasteiger partial charge in [-0.2, -0.15) is 0 Å². The van der Waals surface area contributed by atoms with Gasteiger partial charge in [-0.25, -0.2) is 9.10 Å². The molecule has 0 aliphatic carbocycles. The van der Waals surface area contributed by atoms with E-state index in [1.54, 1.807) is 0 Å². The fourth-order valence-electron chi connectivity index (χ4n) is 1.64. The van der Waals surface area contributed by atoms with Crippen LogP contribution in [0.2, 0.25) is 0 Å². The lowest BCUT2D eigenvalue weighted by molar-refractivity contribution is 0.129. The Bertz CT molecular complexity index is 210. The molecule has 0 bridgehead atoms. The van der Waals surface area contributed by atoms with E-state index in [0.717, 1.165) is 18.6 Å². The van der Waals surface area contributed by atoms with Crippen LogP contribution in [0, 0.1) is 5.92 Å². The van der Waals surface area contributed by atoms with Crippen LogP contribution in [0.5, 0.6) is 0 Å². The fraction of sp³-hybridized carbons (Fsp3) is 0.875. The Kier molecular flexibility index (Phi) is 3.08. The van der Waals surface area contributed by atoms with E-state index >= 15 is 0 Å². The first-order valence-corrected chi connectivity index (χ1v) is 4.98. The number of carboxylic acid groups (broad SMARTS) is 1. The maximum absolute atomic E-state index is 10.8. The Hall–Kier alpha value is -0.420. The molecular weight excluding hydrogens is 190 g/mol. The van der Waals surface area contributed by atoms with Crippen LogP contribution in [0.25, 0.3) is 0 Å². The molecule has 0 aromatic carbocycles. The van der Waals surface area contributed by atoms with E-state index in [1.807, 2.05) is 6.92 Å². The number of carbonyl (C=O) groups is 1. The molecule has 4 nitrogen and oxygen atoms in total. The van der Waals surface area contributed by atoms with Gasteiger partial charge in [-0.05, 0) is 19.3 Å². The number of rotatable bonds is 2. The van der Waals surface area contributed by atoms with E-state index < -0.39 is 6.09 Å². The van der Waals surface area contributed by atoms with Crippen molar-refractivity contribution in [3.63, 3.8) is 0 Å². The van der Waals surface area contributed by atoms with Crippen molar-refractivity contribution in [1.82, 2.24) is 4.31 Å². The summed E-state index contributed by atoms with van der Waals surface area (Å²) < 4.78 is 6.40. The molecule has 13 heavy (non-hydrogen) atoms. The molecule has 0 aromatic rings. The van der Waals surface area contributed by atoms with Gasteiger partial charge in [-0.3, -0.25) is 4.18 Å². The summed E-state index contributed by atoms with van der Waals surface area (Å²) in [5.41, 5.74) is -0.370. The monoisotopic (exact) mass is 205 g/mol. The Morgan fingerprint density at radius 3 is 2.85 bits per heavy atom. The molecule has 1 heterocycles. The number of hydrogen-bond acceptors (Lipinski definition) is 3. The minimum atomic E-state index is -0.925. The summed E-state index contributed by atoms with van der Waals surface area (Å²) in [6.07, 6.45) is -0.0996. The minimum absolute atomic E-state index is 0.370. The molecule has 1 amide bonds. The van der Waals surface area contributed by atoms with E-state index in [4.69, 9.17) is 9.29 Å². The highest BCUT2D eigenvalue weighted by molar-refractivity contribution is 7.93. The molecule has 0 aromatic heterocycles. The lowest BCUT2D eigenvalue weighted by Crippen LogP contribution is -2.44. The van der Waals surface area contributed by atoms with Crippen molar-refractivity contribution in [2.24, 2.45) is 5.92 Å². The van der Waals surface area contributed by atoms with Gasteiger partial charge in [0.15, 0.2) is 0 Å². The predicted molar refractivity (Wildman–Crippen MR) is 51.3 cm³/mol. The zero-order chi connectivity index (χ0) is 10.1. The molecule has 5 heteroatoms. The molecule has 1 fully saturated rings. The van der Waals surface area contributed by atoms with Crippen LogP contribution in [0.4, 0.5) is 4.79 Å². The first-order valence-electron chi connectivity index (χ1n) is 4.28. The zero-order valence-electron chi connectivity index (χ0n) is 8.11. The second-order valence-electron chi connectivity index (χ2n) is 4.01. The first-order chi connectivity index (χ1) is 5.96. The average Bonchev–Trinajstić information content (AvgIpc) is 2.28. The van der Waals surface area contributed by atoms with Crippen LogP contribution < -0.4 is 0 Å². The van der Waals surface area contributed by atoms with Crippen molar-refractivity contribution in [3.8, 4) is 0 Å². The summed E-state index contributed by atoms with van der Waals surface area (Å²) in [4.78, 5) is 10.8. The summed E-state index contributed by atoms with van der Waals surface area (Å²) in [5, 5.41) is 8.89. The van der Waals surface area contributed by atoms with Crippen molar-refractivity contribution in [1.29, 1.82) is 0 Å². The summed E-state index contributed by atoms with van der Waals surface area (Å²) in [5.74, 6) is 0.467. The highest BCUT2D eigenvalue weighted by Crippen LogP contribution is 2.37. The van der Waals surface area contributed by atoms with Gasteiger partial charge in [0, 0.05) is 0 Å². The standard InChI is InChI=1S/C8H15NO3S/c1-6(2)4-8(3)5-12-13-9(8)7(10)11/h6H,4-5H2,1-3H3,(H,10,11). The van der Waals surface area contributed by atoms with E-state index in [1.165, 1.54) is 4.31 Å². The van der Waals surface area contributed by atoms with Crippen molar-refractivity contribution < 1.29 is 14.1 Å². The van der Waals surface area contributed by atoms with Gasteiger partial charge in [0.1, 0.15) is 12.2 Å². The summed E-state index contributed by atoms with van der Waals surface area (Å²) in [6, 6.07) is 0. The first kappa shape index (κ1) is 10.7. The molecule has 1 atom stereocenters. The lowest BCUT2D eigenvalue weighted by atomic mass is 9.92. The molecule has 0 radical (unpaired) electrons. The second kappa shape index (κ2) is 3.75. The van der Waals surface area contributed by atoms with Crippen molar-refractivity contribution in [2.45, 2.75) is 32.7 Å². The molecule has 1 aliphatic rings. The van der Waals surface area contributed by atoms with Gasteiger partial charge < -0.3 is 5.11 Å². The number of hydrogen-bond donors (Lipinski definition) is 1. The van der Waals surface area contributed by atoms with Gasteiger partial charge in [-0.15, -0.1) is 0 Å². The summed E-state index contributed by atoms with van der Waals surface area (Å²) in [6.45, 7) is 6.55. The van der Waals surface area contributed by atoms with Gasteiger partial charge in [0.2, 0.25) is 0 Å². The highest BCUT2D eigenvalue weighted by atomic mass is 32.2. The smallest absolute Gasteiger partial charge is 0.419 e. The Morgan fingerprint density at radius 2 is 2.38 bits per heavy atom. The van der Waals surface area contributed by atoms with E-state index in [9.17, 15) is 4.79 Å². The molecule has 76 valence electrons. The highest BCUT2D eigenvalue weighted by Gasteiger charge is 2.42. The maximum Gasteiger partial charge on any atom is 0.419 e. The van der Waals surface area contributed by atoms with E-state index in [0.29, 0.717) is 12.5 Å². The second-order valence-corrected chi connectivity index (χ2v) is 4.76. The molecule has 1 aliphatic heterocycles. The quantitative estimate of drug-likeness (QED) is 0.555. The van der Waals surface area contributed by atoms with Crippen LogP contribution >= 0.6 is 12.2 Å². The third-order valence-corrected chi connectivity index (χ3v) is 2.98. The van der Waals surface area contributed by atoms with Gasteiger partial charge in [0.25, 0.3) is 0 Å². The minimum Gasteiger partial charge on any atom is -0.464 e. The van der Waals surface area contributed by atoms with Crippen molar-refractivity contribution in [3.05, 3.63) is 0 Å². The van der Waals surface area contributed by atoms with E-state index in [2.05, 4.69) is 13.8 Å². The molecule has 0 saturated carbocycles. The number of amides is 1. The van der Waals surface area contributed by atoms with Crippen LogP contribution in [-0.4, -0.2) is 27.7 Å². The summed E-state index contributed by atoms with van der Waals surface area (Å²) in [7, 11) is 0. The van der Waals surface area contributed by atoms with Crippen molar-refractivity contribution >= 4 is 18.3 Å². The topological polar surface area (TPSA) is 49.8 Å². The predicted octanol–water partition coefficient (Wildman–Crippen LogP) is 2.36. The van der Waals surface area contributed by atoms with Crippen LogP contribution in [0.3, 0.4) is 0 Å². The van der Waals surface area contributed by atoms with Gasteiger partial charge >= 0.3 is 6.09 Å². The van der Waals surface area contributed by atoms with E-state index in [-0.39, 0.29) is 5.54 Å². The Labute approximate surface area is 82.6 Å². The molecule has 1 rings (SSSR count). The normalized spacial score (nSPS) is 28.5. The Morgan fingerprint density at radius 1 is 1.77 bits per heavy atom. The Balaban J connectivity index is 2.69. The third kappa shape index (κ3) is 2.28. The molecule has 1 unspecified atom stereocenters. The summed E-state index contributed by atoms with van der Waals surface area (Å²) >= 11 is 0.933.